The highest BCUT2D eigenvalue weighted by Crippen LogP contribution is 2.42. The topological polar surface area (TPSA) is 25.8 Å². The zero-order valence-electron chi connectivity index (χ0n) is 13.6. The van der Waals surface area contributed by atoms with E-state index in [4.69, 9.17) is 0 Å². The third-order valence-corrected chi connectivity index (χ3v) is 6.54. The number of aryl methyl sites for hydroxylation is 3. The Kier molecular flexibility index (Phi) is 4.55. The molecule has 4 rings (SSSR count). The van der Waals surface area contributed by atoms with E-state index in [1.54, 1.807) is 17.7 Å². The van der Waals surface area contributed by atoms with Crippen molar-refractivity contribution in [3.8, 4) is 11.1 Å². The van der Waals surface area contributed by atoms with Crippen LogP contribution in [0.3, 0.4) is 0 Å². The van der Waals surface area contributed by atoms with E-state index >= 15 is 0 Å². The Balaban J connectivity index is 1.88. The average molecular weight is 359 g/mol. The fraction of sp³-hybridized carbons (Fsp3) is 0.368. The molecule has 1 aliphatic carbocycles. The summed E-state index contributed by atoms with van der Waals surface area (Å²) in [5.74, 6) is 0.435. The number of thiophene rings is 1. The Hall–Kier alpha value is -1.46. The van der Waals surface area contributed by atoms with E-state index in [-0.39, 0.29) is 6.67 Å². The first-order valence-corrected chi connectivity index (χ1v) is 10.1. The molecule has 0 unspecified atom stereocenters. The zero-order chi connectivity index (χ0) is 16.5. The molecule has 0 bridgehead atoms. The summed E-state index contributed by atoms with van der Waals surface area (Å²) in [5.41, 5.74) is 5.44. The van der Waals surface area contributed by atoms with Crippen LogP contribution in [0.4, 0.5) is 4.39 Å². The first-order valence-electron chi connectivity index (χ1n) is 8.33. The van der Waals surface area contributed by atoms with Crippen molar-refractivity contribution >= 4 is 33.3 Å². The van der Waals surface area contributed by atoms with Crippen molar-refractivity contribution in [2.45, 2.75) is 37.6 Å². The maximum atomic E-state index is 12.6. The number of hydrogen-bond acceptors (Lipinski definition) is 4. The summed E-state index contributed by atoms with van der Waals surface area (Å²) >= 11 is 3.18. The highest BCUT2D eigenvalue weighted by Gasteiger charge is 2.18. The van der Waals surface area contributed by atoms with Crippen LogP contribution in [0.15, 0.2) is 29.6 Å². The molecule has 0 N–H and O–H groups in total. The number of nitrogens with zero attached hydrogens (tertiary/aromatic N) is 2. The fourth-order valence-electron chi connectivity index (χ4n) is 3.50. The van der Waals surface area contributed by atoms with Gasteiger partial charge in [-0.2, -0.15) is 0 Å². The zero-order valence-corrected chi connectivity index (χ0v) is 15.3. The van der Waals surface area contributed by atoms with Gasteiger partial charge in [0.15, 0.2) is 0 Å². The van der Waals surface area contributed by atoms with Gasteiger partial charge < -0.3 is 0 Å². The van der Waals surface area contributed by atoms with Crippen molar-refractivity contribution < 1.29 is 4.39 Å². The van der Waals surface area contributed by atoms with E-state index in [2.05, 4.69) is 35.1 Å². The lowest BCUT2D eigenvalue weighted by Crippen LogP contribution is -2.02. The molecular weight excluding hydrogens is 339 g/mol. The van der Waals surface area contributed by atoms with Crippen molar-refractivity contribution in [1.29, 1.82) is 0 Å². The summed E-state index contributed by atoms with van der Waals surface area (Å²) < 4.78 is 12.6. The van der Waals surface area contributed by atoms with Gasteiger partial charge in [-0.25, -0.2) is 9.97 Å². The highest BCUT2D eigenvalue weighted by molar-refractivity contribution is 7.99. The predicted molar refractivity (Wildman–Crippen MR) is 101 cm³/mol. The maximum Gasteiger partial charge on any atom is 0.128 e. The Morgan fingerprint density at radius 1 is 1.17 bits per heavy atom. The number of alkyl halides is 1. The minimum absolute atomic E-state index is 0.340. The van der Waals surface area contributed by atoms with Gasteiger partial charge in [0.2, 0.25) is 0 Å². The normalized spacial score (nSPS) is 14.1. The molecule has 124 valence electrons. The summed E-state index contributed by atoms with van der Waals surface area (Å²) in [7, 11) is 0. The van der Waals surface area contributed by atoms with Crippen LogP contribution in [0.5, 0.6) is 0 Å². The van der Waals surface area contributed by atoms with Gasteiger partial charge in [0.25, 0.3) is 0 Å². The smallest absolute Gasteiger partial charge is 0.128 e. The van der Waals surface area contributed by atoms with Gasteiger partial charge in [-0.05, 0) is 49.3 Å². The van der Waals surface area contributed by atoms with E-state index in [1.807, 2.05) is 0 Å². The van der Waals surface area contributed by atoms with Crippen LogP contribution >= 0.6 is 23.1 Å². The fourth-order valence-corrected chi connectivity index (χ4v) is 5.31. The van der Waals surface area contributed by atoms with Crippen molar-refractivity contribution in [2.75, 3.05) is 12.4 Å². The molecule has 2 heterocycles. The van der Waals surface area contributed by atoms with Gasteiger partial charge >= 0.3 is 0 Å². The SMILES string of the molecule is Cc1sc2ncnc(SCCF)c2c1-c1ccc2c(c1)CCCC2. The second-order valence-corrected chi connectivity index (χ2v) is 8.41. The van der Waals surface area contributed by atoms with Crippen molar-refractivity contribution in [2.24, 2.45) is 0 Å². The number of hydrogen-bond donors (Lipinski definition) is 0. The summed E-state index contributed by atoms with van der Waals surface area (Å²) in [6.07, 6.45) is 6.53. The van der Waals surface area contributed by atoms with Crippen molar-refractivity contribution in [3.05, 3.63) is 40.5 Å². The summed E-state index contributed by atoms with van der Waals surface area (Å²) in [5, 5.41) is 1.99. The van der Waals surface area contributed by atoms with Gasteiger partial charge in [0.1, 0.15) is 16.2 Å². The molecule has 2 nitrogen and oxygen atoms in total. The predicted octanol–water partition coefficient (Wildman–Crippen LogP) is 5.61. The van der Waals surface area contributed by atoms with Gasteiger partial charge in [0.05, 0.1) is 12.1 Å². The first-order chi connectivity index (χ1) is 11.8. The Morgan fingerprint density at radius 2 is 2.00 bits per heavy atom. The number of halogens is 1. The third-order valence-electron chi connectivity index (χ3n) is 4.58. The summed E-state index contributed by atoms with van der Waals surface area (Å²) in [4.78, 5) is 11.1. The number of aromatic nitrogens is 2. The lowest BCUT2D eigenvalue weighted by atomic mass is 9.89. The van der Waals surface area contributed by atoms with Crippen LogP contribution in [-0.4, -0.2) is 22.4 Å². The molecule has 3 aromatic rings. The molecule has 5 heteroatoms. The highest BCUT2D eigenvalue weighted by atomic mass is 32.2. The van der Waals surface area contributed by atoms with Crippen LogP contribution < -0.4 is 0 Å². The van der Waals surface area contributed by atoms with Gasteiger partial charge in [-0.3, -0.25) is 4.39 Å². The lowest BCUT2D eigenvalue weighted by molar-refractivity contribution is 0.532. The number of rotatable bonds is 4. The molecule has 0 fully saturated rings. The monoisotopic (exact) mass is 358 g/mol. The van der Waals surface area contributed by atoms with Crippen LogP contribution in [0.1, 0.15) is 28.8 Å². The maximum absolute atomic E-state index is 12.6. The largest absolute Gasteiger partial charge is 0.250 e. The third kappa shape index (κ3) is 2.84. The van der Waals surface area contributed by atoms with Crippen LogP contribution in [0, 0.1) is 6.92 Å². The molecule has 1 aliphatic rings. The quantitative estimate of drug-likeness (QED) is 0.448. The molecule has 0 spiro atoms. The molecule has 24 heavy (non-hydrogen) atoms. The molecule has 0 saturated heterocycles. The van der Waals surface area contributed by atoms with E-state index < -0.39 is 0 Å². The lowest BCUT2D eigenvalue weighted by Gasteiger charge is -2.17. The molecule has 0 aliphatic heterocycles. The first kappa shape index (κ1) is 16.0. The van der Waals surface area contributed by atoms with E-state index in [0.29, 0.717) is 5.75 Å². The Morgan fingerprint density at radius 3 is 2.83 bits per heavy atom. The van der Waals surface area contributed by atoms with Crippen LogP contribution in [0.2, 0.25) is 0 Å². The van der Waals surface area contributed by atoms with Crippen molar-refractivity contribution in [1.82, 2.24) is 9.97 Å². The van der Waals surface area contributed by atoms with Gasteiger partial charge in [-0.15, -0.1) is 23.1 Å². The van der Waals surface area contributed by atoms with E-state index in [1.165, 1.54) is 64.6 Å². The Labute approximate surface area is 149 Å². The average Bonchev–Trinajstić information content (AvgIpc) is 2.96. The molecule has 0 saturated carbocycles. The molecular formula is C19H19FN2S2. The summed E-state index contributed by atoms with van der Waals surface area (Å²) in [6, 6.07) is 6.86. The second kappa shape index (κ2) is 6.81. The van der Waals surface area contributed by atoms with E-state index in [0.717, 1.165) is 15.2 Å². The molecule has 0 amide bonds. The second-order valence-electron chi connectivity index (χ2n) is 6.12. The molecule has 2 aromatic heterocycles. The molecule has 0 atom stereocenters. The minimum Gasteiger partial charge on any atom is -0.250 e. The van der Waals surface area contributed by atoms with Crippen LogP contribution in [-0.2, 0) is 12.8 Å². The standard InChI is InChI=1S/C19H19FN2S2/c1-12-16(15-7-6-13-4-2-3-5-14(13)10-15)17-18(23-9-8-20)21-11-22-19(17)24-12/h6-7,10-11H,2-5,8-9H2,1H3. The van der Waals surface area contributed by atoms with Gasteiger partial charge in [0, 0.05) is 16.2 Å². The molecule has 0 radical (unpaired) electrons. The van der Waals surface area contributed by atoms with E-state index in [9.17, 15) is 4.39 Å². The minimum atomic E-state index is -0.340. The van der Waals surface area contributed by atoms with Crippen LogP contribution in [0.25, 0.3) is 21.3 Å². The van der Waals surface area contributed by atoms with Crippen molar-refractivity contribution in [3.63, 3.8) is 0 Å². The number of fused-ring (bicyclic) bond motifs is 2. The van der Waals surface area contributed by atoms with Gasteiger partial charge in [-0.1, -0.05) is 18.2 Å². The Bertz CT molecular complexity index is 888. The molecule has 1 aromatic carbocycles. The summed E-state index contributed by atoms with van der Waals surface area (Å²) in [6.45, 7) is 1.80. The number of thioether (sulfide) groups is 1. The number of benzene rings is 1.